The van der Waals surface area contributed by atoms with Crippen LogP contribution in [0.15, 0.2) is 89.7 Å². The van der Waals surface area contributed by atoms with Crippen molar-refractivity contribution in [3.05, 3.63) is 106 Å². The maximum atomic E-state index is 13.6. The lowest BCUT2D eigenvalue weighted by molar-refractivity contribution is 0.0948. The summed E-state index contributed by atoms with van der Waals surface area (Å²) in [5.41, 5.74) is 2.95. The Morgan fingerprint density at radius 2 is 1.41 bits per heavy atom. The third-order valence-electron chi connectivity index (χ3n) is 6.59. The van der Waals surface area contributed by atoms with E-state index >= 15 is 0 Å². The lowest BCUT2D eigenvalue weighted by atomic mass is 9.95. The monoisotopic (exact) mass is 523 g/mol. The molecule has 0 atom stereocenters. The van der Waals surface area contributed by atoms with Crippen molar-refractivity contribution in [2.24, 2.45) is 7.05 Å². The average Bonchev–Trinajstić information content (AvgIpc) is 2.97. The zero-order valence-electron chi connectivity index (χ0n) is 22.5. The van der Waals surface area contributed by atoms with Crippen LogP contribution in [-0.2, 0) is 7.05 Å². The van der Waals surface area contributed by atoms with Crippen molar-refractivity contribution < 1.29 is 9.59 Å². The molecule has 2 amide bonds. The van der Waals surface area contributed by atoms with Gasteiger partial charge in [-0.25, -0.2) is 4.68 Å². The predicted molar refractivity (Wildman–Crippen MR) is 155 cm³/mol. The first-order valence-electron chi connectivity index (χ1n) is 13.1. The maximum Gasteiger partial charge on any atom is 0.280 e. The summed E-state index contributed by atoms with van der Waals surface area (Å²) in [4.78, 5) is 41.7. The van der Waals surface area contributed by atoms with Crippen LogP contribution in [0.3, 0.4) is 0 Å². The van der Waals surface area contributed by atoms with E-state index in [1.807, 2.05) is 60.7 Å². The lowest BCUT2D eigenvalue weighted by Crippen LogP contribution is -2.34. The molecule has 2 N–H and O–H groups in total. The third kappa shape index (κ3) is 6.48. The van der Waals surface area contributed by atoms with Crippen LogP contribution in [0.2, 0.25) is 0 Å². The summed E-state index contributed by atoms with van der Waals surface area (Å²) in [6, 6.07) is 25.4. The van der Waals surface area contributed by atoms with Gasteiger partial charge in [0.25, 0.3) is 17.4 Å². The Labute approximate surface area is 228 Å². The molecule has 1 heterocycles. The van der Waals surface area contributed by atoms with Crippen LogP contribution in [0.4, 0.5) is 5.69 Å². The maximum absolute atomic E-state index is 13.6. The molecule has 0 aliphatic heterocycles. The number of likely N-dealkylation sites (N-methyl/N-ethyl adjacent to an activating group) is 1. The van der Waals surface area contributed by atoms with Crippen LogP contribution in [0, 0.1) is 0 Å². The first-order chi connectivity index (χ1) is 18.9. The summed E-state index contributed by atoms with van der Waals surface area (Å²) >= 11 is 0. The number of benzene rings is 3. The summed E-state index contributed by atoms with van der Waals surface area (Å²) in [6.45, 7) is 7.37. The normalized spacial score (nSPS) is 10.9. The zero-order chi connectivity index (χ0) is 27.8. The van der Waals surface area contributed by atoms with Gasteiger partial charge in [0.2, 0.25) is 0 Å². The highest BCUT2D eigenvalue weighted by Crippen LogP contribution is 2.32. The van der Waals surface area contributed by atoms with Gasteiger partial charge in [-0.05, 0) is 42.9 Å². The van der Waals surface area contributed by atoms with Crippen LogP contribution < -0.4 is 16.2 Å². The Balaban J connectivity index is 1.62. The second-order valence-electron chi connectivity index (χ2n) is 9.07. The fourth-order valence-corrected chi connectivity index (χ4v) is 4.40. The molecule has 0 radical (unpaired) electrons. The molecule has 0 aliphatic rings. The fourth-order valence-electron chi connectivity index (χ4n) is 4.40. The van der Waals surface area contributed by atoms with Crippen molar-refractivity contribution in [2.45, 2.75) is 13.8 Å². The molecular formula is C31H33N5O3. The van der Waals surface area contributed by atoms with Gasteiger partial charge in [0.1, 0.15) is 5.56 Å². The molecule has 0 unspecified atom stereocenters. The summed E-state index contributed by atoms with van der Waals surface area (Å²) < 4.78 is 1.19. The Bertz CT molecular complexity index is 1480. The van der Waals surface area contributed by atoms with Gasteiger partial charge in [-0.1, -0.05) is 74.5 Å². The predicted octanol–water partition coefficient (Wildman–Crippen LogP) is 4.44. The molecule has 4 aromatic rings. The van der Waals surface area contributed by atoms with Gasteiger partial charge in [-0.3, -0.25) is 14.4 Å². The van der Waals surface area contributed by atoms with Crippen molar-refractivity contribution in [3.63, 3.8) is 0 Å². The minimum absolute atomic E-state index is 0.00391. The number of rotatable bonds is 10. The smallest absolute Gasteiger partial charge is 0.280 e. The standard InChI is InChI=1S/C31H33N5O3/c1-4-36(5-2)21-20-32-29(37)24-16-18-25(19-17-24)33-30(38)27-26(22-12-8-6-9-13-22)28(34-35(3)31(27)39)23-14-10-7-11-15-23/h6-19H,4-5,20-21H2,1-3H3,(H,32,37)(H,33,38). The van der Waals surface area contributed by atoms with E-state index in [4.69, 9.17) is 0 Å². The van der Waals surface area contributed by atoms with Gasteiger partial charge in [0.05, 0.1) is 5.69 Å². The van der Waals surface area contributed by atoms with Gasteiger partial charge >= 0.3 is 0 Å². The van der Waals surface area contributed by atoms with Crippen LogP contribution in [-0.4, -0.2) is 52.7 Å². The summed E-state index contributed by atoms with van der Waals surface area (Å²) in [7, 11) is 1.54. The van der Waals surface area contributed by atoms with E-state index in [9.17, 15) is 14.4 Å². The van der Waals surface area contributed by atoms with E-state index in [0.717, 1.165) is 25.2 Å². The van der Waals surface area contributed by atoms with Crippen molar-refractivity contribution in [2.75, 3.05) is 31.5 Å². The Kier molecular flexibility index (Phi) is 9.01. The molecule has 39 heavy (non-hydrogen) atoms. The number of carbonyl (C=O) groups excluding carboxylic acids is 2. The van der Waals surface area contributed by atoms with Crippen LogP contribution in [0.25, 0.3) is 22.4 Å². The van der Waals surface area contributed by atoms with E-state index in [1.165, 1.54) is 11.7 Å². The van der Waals surface area contributed by atoms with E-state index in [-0.39, 0.29) is 11.5 Å². The molecular weight excluding hydrogens is 490 g/mol. The molecule has 0 spiro atoms. The number of carbonyl (C=O) groups is 2. The molecule has 0 saturated carbocycles. The average molecular weight is 524 g/mol. The molecule has 0 fully saturated rings. The van der Waals surface area contributed by atoms with Gasteiger partial charge < -0.3 is 15.5 Å². The molecule has 200 valence electrons. The van der Waals surface area contributed by atoms with Crippen molar-refractivity contribution in [3.8, 4) is 22.4 Å². The molecule has 8 heteroatoms. The fraction of sp³-hybridized carbons (Fsp3) is 0.226. The largest absolute Gasteiger partial charge is 0.351 e. The first-order valence-corrected chi connectivity index (χ1v) is 13.1. The van der Waals surface area contributed by atoms with Gasteiger partial charge in [0, 0.05) is 42.5 Å². The SMILES string of the molecule is CCN(CC)CCNC(=O)c1ccc(NC(=O)c2c(-c3ccccc3)c(-c3ccccc3)nn(C)c2=O)cc1. The number of nitrogens with zero attached hydrogens (tertiary/aromatic N) is 3. The van der Waals surface area contributed by atoms with Gasteiger partial charge in [0.15, 0.2) is 0 Å². The highest BCUT2D eigenvalue weighted by molar-refractivity contribution is 6.10. The number of amides is 2. The summed E-state index contributed by atoms with van der Waals surface area (Å²) in [5, 5.41) is 10.3. The second kappa shape index (κ2) is 12.8. The second-order valence-corrected chi connectivity index (χ2v) is 9.07. The van der Waals surface area contributed by atoms with Gasteiger partial charge in [-0.2, -0.15) is 5.10 Å². The molecule has 4 rings (SSSR count). The van der Waals surface area contributed by atoms with E-state index in [2.05, 4.69) is 34.5 Å². The Hall–Kier alpha value is -4.56. The van der Waals surface area contributed by atoms with E-state index < -0.39 is 11.5 Å². The highest BCUT2D eigenvalue weighted by Gasteiger charge is 2.24. The summed E-state index contributed by atoms with van der Waals surface area (Å²) in [5.74, 6) is -0.729. The molecule has 0 saturated heterocycles. The number of aromatic nitrogens is 2. The van der Waals surface area contributed by atoms with Crippen LogP contribution in [0.1, 0.15) is 34.6 Å². The van der Waals surface area contributed by atoms with Crippen molar-refractivity contribution in [1.82, 2.24) is 20.0 Å². The number of aryl methyl sites for hydroxylation is 1. The molecule has 3 aromatic carbocycles. The Morgan fingerprint density at radius 1 is 0.821 bits per heavy atom. The van der Waals surface area contributed by atoms with Crippen molar-refractivity contribution >= 4 is 17.5 Å². The quantitative estimate of drug-likeness (QED) is 0.320. The number of anilines is 1. The van der Waals surface area contributed by atoms with Gasteiger partial charge in [-0.15, -0.1) is 0 Å². The van der Waals surface area contributed by atoms with Crippen molar-refractivity contribution in [1.29, 1.82) is 0 Å². The molecule has 0 bridgehead atoms. The number of nitrogens with one attached hydrogen (secondary N) is 2. The third-order valence-corrected chi connectivity index (χ3v) is 6.59. The van der Waals surface area contributed by atoms with E-state index in [0.29, 0.717) is 34.6 Å². The Morgan fingerprint density at radius 3 is 2.00 bits per heavy atom. The lowest BCUT2D eigenvalue weighted by Gasteiger charge is -2.18. The summed E-state index contributed by atoms with van der Waals surface area (Å²) in [6.07, 6.45) is 0. The highest BCUT2D eigenvalue weighted by atomic mass is 16.2. The number of hydrogen-bond acceptors (Lipinski definition) is 5. The first kappa shape index (κ1) is 27.5. The van der Waals surface area contributed by atoms with Crippen LogP contribution >= 0.6 is 0 Å². The minimum Gasteiger partial charge on any atom is -0.351 e. The topological polar surface area (TPSA) is 96.3 Å². The molecule has 8 nitrogen and oxygen atoms in total. The molecule has 1 aromatic heterocycles. The van der Waals surface area contributed by atoms with E-state index in [1.54, 1.807) is 24.3 Å². The zero-order valence-corrected chi connectivity index (χ0v) is 22.5. The molecule has 0 aliphatic carbocycles. The van der Waals surface area contributed by atoms with Crippen LogP contribution in [0.5, 0.6) is 0 Å². The number of hydrogen-bond donors (Lipinski definition) is 2. The minimum atomic E-state index is -0.551.